The van der Waals surface area contributed by atoms with Crippen molar-refractivity contribution in [2.24, 2.45) is 5.92 Å². The van der Waals surface area contributed by atoms with Gasteiger partial charge in [0.25, 0.3) is 0 Å². The maximum atomic E-state index is 3.52. The fourth-order valence-electron chi connectivity index (χ4n) is 4.02. The molecular weight excluding hydrogens is 210 g/mol. The largest absolute Gasteiger partial charge is 0.316 e. The lowest BCUT2D eigenvalue weighted by molar-refractivity contribution is 0.134. The minimum Gasteiger partial charge on any atom is -0.316 e. The molecule has 0 aromatic carbocycles. The van der Waals surface area contributed by atoms with Gasteiger partial charge < -0.3 is 5.32 Å². The minimum atomic E-state index is 0.834. The van der Waals surface area contributed by atoms with Crippen LogP contribution in [0.4, 0.5) is 0 Å². The Morgan fingerprint density at radius 1 is 1.00 bits per heavy atom. The van der Waals surface area contributed by atoms with Gasteiger partial charge >= 0.3 is 0 Å². The van der Waals surface area contributed by atoms with E-state index >= 15 is 0 Å². The van der Waals surface area contributed by atoms with Crippen molar-refractivity contribution in [1.29, 1.82) is 0 Å². The molecule has 3 atom stereocenters. The number of hydrogen-bond donors (Lipinski definition) is 1. The zero-order valence-electron chi connectivity index (χ0n) is 11.2. The van der Waals surface area contributed by atoms with Gasteiger partial charge in [-0.2, -0.15) is 0 Å². The Bertz CT molecular complexity index is 250. The molecule has 0 aromatic rings. The molecule has 3 aliphatic rings. The second kappa shape index (κ2) is 5.25. The predicted molar refractivity (Wildman–Crippen MR) is 71.2 cm³/mol. The van der Waals surface area contributed by atoms with Gasteiger partial charge in [-0.1, -0.05) is 6.92 Å². The van der Waals surface area contributed by atoms with E-state index in [1.807, 2.05) is 0 Å². The first-order chi connectivity index (χ1) is 8.34. The van der Waals surface area contributed by atoms with E-state index in [0.29, 0.717) is 0 Å². The summed E-state index contributed by atoms with van der Waals surface area (Å²) in [5, 5.41) is 3.52. The lowest BCUT2D eigenvalue weighted by Crippen LogP contribution is -2.48. The Labute approximate surface area is 106 Å². The third-order valence-electron chi connectivity index (χ3n) is 5.06. The van der Waals surface area contributed by atoms with Crippen molar-refractivity contribution in [3.63, 3.8) is 0 Å². The van der Waals surface area contributed by atoms with Gasteiger partial charge in [-0.3, -0.25) is 9.80 Å². The van der Waals surface area contributed by atoms with Crippen molar-refractivity contribution >= 4 is 0 Å². The summed E-state index contributed by atoms with van der Waals surface area (Å²) >= 11 is 0. The molecule has 98 valence electrons. The molecule has 3 fully saturated rings. The Balaban J connectivity index is 1.55. The summed E-state index contributed by atoms with van der Waals surface area (Å²) in [6.45, 7) is 10.3. The van der Waals surface area contributed by atoms with Crippen LogP contribution in [0.3, 0.4) is 0 Å². The van der Waals surface area contributed by atoms with E-state index in [-0.39, 0.29) is 0 Å². The zero-order chi connectivity index (χ0) is 11.7. The Kier molecular flexibility index (Phi) is 3.69. The first-order valence-corrected chi connectivity index (χ1v) is 7.53. The fourth-order valence-corrected chi connectivity index (χ4v) is 4.02. The van der Waals surface area contributed by atoms with Crippen LogP contribution in [0, 0.1) is 5.92 Å². The van der Waals surface area contributed by atoms with Gasteiger partial charge in [-0.25, -0.2) is 0 Å². The second-order valence-corrected chi connectivity index (χ2v) is 6.22. The van der Waals surface area contributed by atoms with Crippen molar-refractivity contribution in [2.75, 3.05) is 39.3 Å². The fraction of sp³-hybridized carbons (Fsp3) is 1.00. The SMILES string of the molecule is CC1CNCCC1N1CCC(N2CCCC2)C1. The lowest BCUT2D eigenvalue weighted by atomic mass is 9.94. The van der Waals surface area contributed by atoms with Gasteiger partial charge in [0.1, 0.15) is 0 Å². The monoisotopic (exact) mass is 237 g/mol. The Morgan fingerprint density at radius 3 is 2.59 bits per heavy atom. The normalized spacial score (nSPS) is 41.1. The number of likely N-dealkylation sites (tertiary alicyclic amines) is 2. The highest BCUT2D eigenvalue weighted by Crippen LogP contribution is 2.26. The summed E-state index contributed by atoms with van der Waals surface area (Å²) in [6, 6.07) is 1.73. The molecular formula is C14H27N3. The van der Waals surface area contributed by atoms with Gasteiger partial charge in [0.15, 0.2) is 0 Å². The van der Waals surface area contributed by atoms with E-state index in [9.17, 15) is 0 Å². The molecule has 0 aliphatic carbocycles. The summed E-state index contributed by atoms with van der Waals surface area (Å²) in [7, 11) is 0. The predicted octanol–water partition coefficient (Wildman–Crippen LogP) is 1.15. The quantitative estimate of drug-likeness (QED) is 0.777. The van der Waals surface area contributed by atoms with Crippen molar-refractivity contribution in [2.45, 2.75) is 44.7 Å². The standard InChI is InChI=1S/C14H27N3/c1-12-10-15-6-4-14(12)17-9-5-13(11-17)16-7-2-3-8-16/h12-15H,2-11H2,1H3. The number of nitrogens with one attached hydrogen (secondary N) is 1. The molecule has 3 unspecified atom stereocenters. The first-order valence-electron chi connectivity index (χ1n) is 7.53. The molecule has 0 aromatic heterocycles. The summed E-state index contributed by atoms with van der Waals surface area (Å²) in [4.78, 5) is 5.53. The van der Waals surface area contributed by atoms with Crippen molar-refractivity contribution < 1.29 is 0 Å². The molecule has 3 heteroatoms. The van der Waals surface area contributed by atoms with Crippen molar-refractivity contribution in [3.05, 3.63) is 0 Å². The highest BCUT2D eigenvalue weighted by Gasteiger charge is 2.35. The third-order valence-corrected chi connectivity index (χ3v) is 5.06. The van der Waals surface area contributed by atoms with E-state index in [2.05, 4.69) is 22.0 Å². The summed E-state index contributed by atoms with van der Waals surface area (Å²) in [6.07, 6.45) is 5.63. The van der Waals surface area contributed by atoms with Crippen LogP contribution < -0.4 is 5.32 Å². The van der Waals surface area contributed by atoms with Gasteiger partial charge in [0.2, 0.25) is 0 Å². The van der Waals surface area contributed by atoms with Crippen molar-refractivity contribution in [3.8, 4) is 0 Å². The third kappa shape index (κ3) is 2.51. The van der Waals surface area contributed by atoms with Gasteiger partial charge in [-0.15, -0.1) is 0 Å². The average Bonchev–Trinajstić information content (AvgIpc) is 3.00. The van der Waals surface area contributed by atoms with Crippen LogP contribution in [0.1, 0.15) is 32.6 Å². The topological polar surface area (TPSA) is 18.5 Å². The molecule has 0 amide bonds. The van der Waals surface area contributed by atoms with E-state index in [1.54, 1.807) is 0 Å². The van der Waals surface area contributed by atoms with E-state index in [4.69, 9.17) is 0 Å². The molecule has 1 N–H and O–H groups in total. The number of hydrogen-bond acceptors (Lipinski definition) is 3. The Hall–Kier alpha value is -0.120. The van der Waals surface area contributed by atoms with E-state index in [1.165, 1.54) is 65.0 Å². The molecule has 3 aliphatic heterocycles. The maximum absolute atomic E-state index is 3.52. The van der Waals surface area contributed by atoms with Crippen LogP contribution in [0.2, 0.25) is 0 Å². The number of nitrogens with zero attached hydrogens (tertiary/aromatic N) is 2. The van der Waals surface area contributed by atoms with Crippen LogP contribution >= 0.6 is 0 Å². The van der Waals surface area contributed by atoms with Gasteiger partial charge in [0.05, 0.1) is 0 Å². The molecule has 3 heterocycles. The summed E-state index contributed by atoms with van der Waals surface area (Å²) in [5.41, 5.74) is 0. The van der Waals surface area contributed by atoms with Crippen LogP contribution in [0.25, 0.3) is 0 Å². The molecule has 3 rings (SSSR count). The smallest absolute Gasteiger partial charge is 0.0235 e. The molecule has 17 heavy (non-hydrogen) atoms. The minimum absolute atomic E-state index is 0.834. The van der Waals surface area contributed by atoms with E-state index < -0.39 is 0 Å². The molecule has 0 bridgehead atoms. The van der Waals surface area contributed by atoms with Crippen LogP contribution in [0.5, 0.6) is 0 Å². The molecule has 0 spiro atoms. The molecule has 3 nitrogen and oxygen atoms in total. The lowest BCUT2D eigenvalue weighted by Gasteiger charge is -2.37. The van der Waals surface area contributed by atoms with E-state index in [0.717, 1.165) is 18.0 Å². The van der Waals surface area contributed by atoms with Gasteiger partial charge in [-0.05, 0) is 57.8 Å². The van der Waals surface area contributed by atoms with Crippen LogP contribution in [0.15, 0.2) is 0 Å². The maximum Gasteiger partial charge on any atom is 0.0235 e. The van der Waals surface area contributed by atoms with Gasteiger partial charge in [0, 0.05) is 25.2 Å². The molecule has 3 saturated heterocycles. The molecule has 0 radical (unpaired) electrons. The van der Waals surface area contributed by atoms with Crippen LogP contribution in [-0.4, -0.2) is 61.2 Å². The van der Waals surface area contributed by atoms with Crippen molar-refractivity contribution in [1.82, 2.24) is 15.1 Å². The number of piperidine rings is 1. The second-order valence-electron chi connectivity index (χ2n) is 6.22. The number of rotatable bonds is 2. The average molecular weight is 237 g/mol. The summed E-state index contributed by atoms with van der Waals surface area (Å²) < 4.78 is 0. The Morgan fingerprint density at radius 2 is 1.82 bits per heavy atom. The summed E-state index contributed by atoms with van der Waals surface area (Å²) in [5.74, 6) is 0.834. The highest BCUT2D eigenvalue weighted by atomic mass is 15.3. The zero-order valence-corrected chi connectivity index (χ0v) is 11.2. The first kappa shape index (κ1) is 11.9. The highest BCUT2D eigenvalue weighted by molar-refractivity contribution is 4.92. The van der Waals surface area contributed by atoms with Crippen LogP contribution in [-0.2, 0) is 0 Å². The molecule has 0 saturated carbocycles.